The Bertz CT molecular complexity index is 1340. The Hall–Kier alpha value is -3.56. The van der Waals surface area contributed by atoms with E-state index in [0.29, 0.717) is 6.61 Å². The fourth-order valence-electron chi connectivity index (χ4n) is 5.53. The number of epoxide rings is 1. The van der Waals surface area contributed by atoms with Crippen LogP contribution in [-0.4, -0.2) is 26.4 Å². The molecule has 1 unspecified atom stereocenters. The van der Waals surface area contributed by atoms with E-state index in [0.717, 1.165) is 29.2 Å². The van der Waals surface area contributed by atoms with Crippen molar-refractivity contribution in [2.45, 2.75) is 25.4 Å². The maximum Gasteiger partial charge on any atom is 0.122 e. The van der Waals surface area contributed by atoms with Crippen LogP contribution in [0.15, 0.2) is 84.9 Å². The third-order valence-electron chi connectivity index (χ3n) is 7.22. The third kappa shape index (κ3) is 3.15. The van der Waals surface area contributed by atoms with Gasteiger partial charge < -0.3 is 14.2 Å². The van der Waals surface area contributed by atoms with Crippen LogP contribution in [0, 0.1) is 13.8 Å². The smallest absolute Gasteiger partial charge is 0.122 e. The van der Waals surface area contributed by atoms with Crippen molar-refractivity contribution in [3.8, 4) is 22.6 Å². The first-order valence-corrected chi connectivity index (χ1v) is 11.8. The number of benzene rings is 4. The predicted molar refractivity (Wildman–Crippen MR) is 135 cm³/mol. The Labute approximate surface area is 200 Å². The van der Waals surface area contributed by atoms with Gasteiger partial charge in [0.25, 0.3) is 0 Å². The molecule has 4 aromatic rings. The molecular formula is C31H28O3. The van der Waals surface area contributed by atoms with E-state index in [-0.39, 0.29) is 6.10 Å². The van der Waals surface area contributed by atoms with Gasteiger partial charge in [0.15, 0.2) is 0 Å². The predicted octanol–water partition coefficient (Wildman–Crippen LogP) is 6.45. The van der Waals surface area contributed by atoms with Crippen LogP contribution in [-0.2, 0) is 10.2 Å². The van der Waals surface area contributed by atoms with E-state index >= 15 is 0 Å². The average molecular weight is 449 g/mol. The topological polar surface area (TPSA) is 31.0 Å². The number of ether oxygens (including phenoxy) is 3. The number of methoxy groups -OCH3 is 1. The number of aryl methyl sites for hydroxylation is 2. The van der Waals surface area contributed by atoms with Crippen LogP contribution in [0.25, 0.3) is 11.1 Å². The molecule has 1 aliphatic carbocycles. The highest BCUT2D eigenvalue weighted by Gasteiger charge is 2.46. The maximum atomic E-state index is 6.06. The minimum Gasteiger partial charge on any atom is -0.496 e. The second-order valence-electron chi connectivity index (χ2n) is 9.27. The van der Waals surface area contributed by atoms with E-state index in [1.807, 2.05) is 0 Å². The van der Waals surface area contributed by atoms with E-state index in [1.54, 1.807) is 7.11 Å². The van der Waals surface area contributed by atoms with Crippen LogP contribution < -0.4 is 9.47 Å². The van der Waals surface area contributed by atoms with E-state index in [1.165, 1.54) is 33.4 Å². The van der Waals surface area contributed by atoms with E-state index in [9.17, 15) is 0 Å². The van der Waals surface area contributed by atoms with Crippen LogP contribution in [0.1, 0.15) is 33.4 Å². The van der Waals surface area contributed by atoms with Crippen LogP contribution in [0.2, 0.25) is 0 Å². The molecule has 0 N–H and O–H groups in total. The molecule has 0 spiro atoms. The van der Waals surface area contributed by atoms with Gasteiger partial charge in [-0.2, -0.15) is 0 Å². The van der Waals surface area contributed by atoms with Gasteiger partial charge in [-0.3, -0.25) is 0 Å². The fraction of sp³-hybridized carbons (Fsp3) is 0.226. The molecule has 0 amide bonds. The fourth-order valence-corrected chi connectivity index (χ4v) is 5.53. The summed E-state index contributed by atoms with van der Waals surface area (Å²) in [4.78, 5) is 0. The standard InChI is InChI=1S/C31H28O3/c1-20-16-22(12-14-29(20)32-3)31(23-13-15-30(21(2)17-23)34-19-24-18-33-24)27-10-6-4-8-25(27)26-9-5-7-11-28(26)31/h4-17,24H,18-19H2,1-3H3. The summed E-state index contributed by atoms with van der Waals surface area (Å²) >= 11 is 0. The molecule has 1 atom stereocenters. The normalized spacial score (nSPS) is 17.1. The van der Waals surface area contributed by atoms with Gasteiger partial charge in [0.2, 0.25) is 0 Å². The first-order valence-electron chi connectivity index (χ1n) is 11.8. The lowest BCUT2D eigenvalue weighted by molar-refractivity contribution is 0.261. The number of hydrogen-bond donors (Lipinski definition) is 0. The summed E-state index contributed by atoms with van der Waals surface area (Å²) in [6.07, 6.45) is 0.237. The van der Waals surface area contributed by atoms with Gasteiger partial charge in [-0.25, -0.2) is 0 Å². The second kappa shape index (κ2) is 8.03. The van der Waals surface area contributed by atoms with E-state index in [4.69, 9.17) is 14.2 Å². The first kappa shape index (κ1) is 21.0. The van der Waals surface area contributed by atoms with Gasteiger partial charge in [-0.15, -0.1) is 0 Å². The molecule has 0 saturated carbocycles. The monoisotopic (exact) mass is 448 g/mol. The van der Waals surface area contributed by atoms with E-state index in [2.05, 4.69) is 98.8 Å². The zero-order valence-corrected chi connectivity index (χ0v) is 19.8. The van der Waals surface area contributed by atoms with Gasteiger partial charge in [-0.05, 0) is 70.5 Å². The first-order chi connectivity index (χ1) is 16.6. The van der Waals surface area contributed by atoms with Gasteiger partial charge in [0.1, 0.15) is 24.2 Å². The minimum absolute atomic E-state index is 0.237. The van der Waals surface area contributed by atoms with Gasteiger partial charge in [0.05, 0.1) is 19.1 Å². The molecule has 0 aromatic heterocycles. The molecule has 1 fully saturated rings. The van der Waals surface area contributed by atoms with Crippen molar-refractivity contribution in [2.24, 2.45) is 0 Å². The number of rotatable bonds is 6. The lowest BCUT2D eigenvalue weighted by Gasteiger charge is -2.34. The summed E-state index contributed by atoms with van der Waals surface area (Å²) in [5, 5.41) is 0. The van der Waals surface area contributed by atoms with Crippen LogP contribution in [0.5, 0.6) is 11.5 Å². The minimum atomic E-state index is -0.424. The van der Waals surface area contributed by atoms with Crippen molar-refractivity contribution in [2.75, 3.05) is 20.3 Å². The van der Waals surface area contributed by atoms with Crippen molar-refractivity contribution >= 4 is 0 Å². The zero-order chi connectivity index (χ0) is 23.3. The maximum absolute atomic E-state index is 6.06. The summed E-state index contributed by atoms with van der Waals surface area (Å²) in [7, 11) is 1.73. The molecule has 170 valence electrons. The Balaban J connectivity index is 1.61. The Morgan fingerprint density at radius 3 is 1.79 bits per heavy atom. The number of hydrogen-bond acceptors (Lipinski definition) is 3. The van der Waals surface area contributed by atoms with Crippen LogP contribution in [0.3, 0.4) is 0 Å². The molecule has 1 heterocycles. The molecule has 0 bridgehead atoms. The van der Waals surface area contributed by atoms with Gasteiger partial charge in [0, 0.05) is 0 Å². The molecule has 1 saturated heterocycles. The largest absolute Gasteiger partial charge is 0.496 e. The molecule has 6 rings (SSSR count). The van der Waals surface area contributed by atoms with Crippen LogP contribution >= 0.6 is 0 Å². The summed E-state index contributed by atoms with van der Waals surface area (Å²) in [6, 6.07) is 30.8. The molecule has 2 aliphatic rings. The molecule has 1 aliphatic heterocycles. The molecule has 3 nitrogen and oxygen atoms in total. The van der Waals surface area contributed by atoms with Crippen molar-refractivity contribution in [1.29, 1.82) is 0 Å². The number of fused-ring (bicyclic) bond motifs is 3. The van der Waals surface area contributed by atoms with Crippen molar-refractivity contribution in [1.82, 2.24) is 0 Å². The van der Waals surface area contributed by atoms with E-state index < -0.39 is 5.41 Å². The average Bonchev–Trinajstić information content (AvgIpc) is 3.64. The third-order valence-corrected chi connectivity index (χ3v) is 7.22. The highest BCUT2D eigenvalue weighted by Crippen LogP contribution is 2.56. The van der Waals surface area contributed by atoms with Crippen molar-refractivity contribution in [3.05, 3.63) is 118 Å². The Morgan fingerprint density at radius 1 is 0.765 bits per heavy atom. The van der Waals surface area contributed by atoms with Crippen molar-refractivity contribution < 1.29 is 14.2 Å². The molecule has 3 heteroatoms. The lowest BCUT2D eigenvalue weighted by atomic mass is 9.67. The molecule has 4 aromatic carbocycles. The lowest BCUT2D eigenvalue weighted by Crippen LogP contribution is -2.29. The van der Waals surface area contributed by atoms with Gasteiger partial charge >= 0.3 is 0 Å². The Kier molecular flexibility index (Phi) is 4.96. The quantitative estimate of drug-likeness (QED) is 0.280. The summed E-state index contributed by atoms with van der Waals surface area (Å²) in [5.41, 5.74) is 9.50. The van der Waals surface area contributed by atoms with Crippen LogP contribution in [0.4, 0.5) is 0 Å². The van der Waals surface area contributed by atoms with Crippen molar-refractivity contribution in [3.63, 3.8) is 0 Å². The van der Waals surface area contributed by atoms with Gasteiger partial charge in [-0.1, -0.05) is 72.8 Å². The highest BCUT2D eigenvalue weighted by molar-refractivity contribution is 5.86. The summed E-state index contributed by atoms with van der Waals surface area (Å²) in [5.74, 6) is 1.82. The summed E-state index contributed by atoms with van der Waals surface area (Å²) < 4.78 is 17.0. The molecule has 34 heavy (non-hydrogen) atoms. The summed E-state index contributed by atoms with van der Waals surface area (Å²) in [6.45, 7) is 5.65. The SMILES string of the molecule is COc1ccc(C2(c3ccc(OCC4CO4)c(C)c3)c3ccccc3-c3ccccc32)cc1C. The second-order valence-corrected chi connectivity index (χ2v) is 9.27. The Morgan fingerprint density at radius 2 is 1.29 bits per heavy atom. The zero-order valence-electron chi connectivity index (χ0n) is 19.8. The highest BCUT2D eigenvalue weighted by atomic mass is 16.6. The molecule has 0 radical (unpaired) electrons. The molecular weight excluding hydrogens is 420 g/mol.